The number of amides is 1. The second-order valence-corrected chi connectivity index (χ2v) is 5.80. The van der Waals surface area contributed by atoms with Crippen LogP contribution in [0.15, 0.2) is 5.11 Å². The predicted molar refractivity (Wildman–Crippen MR) is 87.8 cm³/mol. The minimum Gasteiger partial charge on any atom is -0.369 e. The van der Waals surface area contributed by atoms with Crippen LogP contribution in [0, 0.1) is 0 Å². The van der Waals surface area contributed by atoms with Gasteiger partial charge < -0.3 is 5.73 Å². The van der Waals surface area contributed by atoms with Crippen LogP contribution in [0.2, 0.25) is 0 Å². The number of nitrogens with zero attached hydrogens (tertiary/aromatic N) is 3. The Morgan fingerprint density at radius 2 is 1.38 bits per heavy atom. The lowest BCUT2D eigenvalue weighted by molar-refractivity contribution is -0.119. The normalized spacial score (nSPS) is 11.9. The van der Waals surface area contributed by atoms with Gasteiger partial charge in [0.15, 0.2) is 0 Å². The highest BCUT2D eigenvalue weighted by atomic mass is 16.1. The summed E-state index contributed by atoms with van der Waals surface area (Å²) in [6, 6.07) is -0.668. The van der Waals surface area contributed by atoms with E-state index in [0.717, 1.165) is 12.8 Å². The predicted octanol–water partition coefficient (Wildman–Crippen LogP) is 5.24. The highest BCUT2D eigenvalue weighted by Gasteiger charge is 2.11. The molecular weight excluding hydrogens is 264 g/mol. The Balaban J connectivity index is 3.28. The fourth-order valence-electron chi connectivity index (χ4n) is 2.50. The Labute approximate surface area is 129 Å². The molecular formula is C16H32N4O. The zero-order valence-corrected chi connectivity index (χ0v) is 13.6. The van der Waals surface area contributed by atoms with E-state index in [-0.39, 0.29) is 0 Å². The van der Waals surface area contributed by atoms with Crippen LogP contribution in [0.1, 0.15) is 90.4 Å². The van der Waals surface area contributed by atoms with E-state index in [9.17, 15) is 4.79 Å². The molecule has 0 aromatic carbocycles. The molecule has 0 aromatic heterocycles. The molecule has 5 heteroatoms. The van der Waals surface area contributed by atoms with Gasteiger partial charge in [-0.3, -0.25) is 4.79 Å². The monoisotopic (exact) mass is 296 g/mol. The molecule has 0 bridgehead atoms. The molecule has 0 aliphatic rings. The number of hydrogen-bond donors (Lipinski definition) is 1. The molecule has 0 rings (SSSR count). The third kappa shape index (κ3) is 13.5. The lowest BCUT2D eigenvalue weighted by atomic mass is 10.0. The number of unbranched alkanes of at least 4 members (excludes halogenated alkanes) is 11. The summed E-state index contributed by atoms with van der Waals surface area (Å²) in [5.74, 6) is -0.518. The Kier molecular flexibility index (Phi) is 14.3. The first-order valence-electron chi connectivity index (χ1n) is 8.56. The SMILES string of the molecule is CCCCCCCCCCCCCC[C@H](N=[N+]=[N-])C(N)=O. The van der Waals surface area contributed by atoms with Gasteiger partial charge in [0, 0.05) is 4.91 Å². The molecule has 21 heavy (non-hydrogen) atoms. The number of hydrogen-bond acceptors (Lipinski definition) is 2. The van der Waals surface area contributed by atoms with E-state index in [1.807, 2.05) is 0 Å². The van der Waals surface area contributed by atoms with Crippen LogP contribution in [-0.4, -0.2) is 11.9 Å². The second kappa shape index (κ2) is 15.2. The van der Waals surface area contributed by atoms with Crippen molar-refractivity contribution in [3.8, 4) is 0 Å². The van der Waals surface area contributed by atoms with Crippen molar-refractivity contribution in [2.75, 3.05) is 0 Å². The quantitative estimate of drug-likeness (QED) is 0.190. The lowest BCUT2D eigenvalue weighted by Gasteiger charge is -2.06. The van der Waals surface area contributed by atoms with E-state index in [4.69, 9.17) is 11.3 Å². The summed E-state index contributed by atoms with van der Waals surface area (Å²) in [5, 5.41) is 3.42. The van der Waals surface area contributed by atoms with Crippen molar-refractivity contribution < 1.29 is 4.79 Å². The molecule has 0 unspecified atom stereocenters. The van der Waals surface area contributed by atoms with E-state index in [2.05, 4.69) is 16.9 Å². The number of primary amides is 1. The minimum atomic E-state index is -0.668. The van der Waals surface area contributed by atoms with Gasteiger partial charge in [-0.1, -0.05) is 89.1 Å². The average Bonchev–Trinajstić information content (AvgIpc) is 2.47. The highest BCUT2D eigenvalue weighted by molar-refractivity contribution is 5.79. The molecule has 0 saturated heterocycles. The van der Waals surface area contributed by atoms with E-state index >= 15 is 0 Å². The largest absolute Gasteiger partial charge is 0.369 e. The average molecular weight is 296 g/mol. The number of carbonyl (C=O) groups excluding carboxylic acids is 1. The molecule has 0 fully saturated rings. The van der Waals surface area contributed by atoms with Gasteiger partial charge in [-0.25, -0.2) is 0 Å². The second-order valence-electron chi connectivity index (χ2n) is 5.80. The fourth-order valence-corrected chi connectivity index (χ4v) is 2.50. The van der Waals surface area contributed by atoms with E-state index in [1.54, 1.807) is 0 Å². The summed E-state index contributed by atoms with van der Waals surface area (Å²) < 4.78 is 0. The highest BCUT2D eigenvalue weighted by Crippen LogP contribution is 2.13. The van der Waals surface area contributed by atoms with E-state index < -0.39 is 11.9 Å². The maximum absolute atomic E-state index is 11.0. The van der Waals surface area contributed by atoms with Crippen LogP contribution in [-0.2, 0) is 4.79 Å². The number of nitrogens with two attached hydrogens (primary N) is 1. The molecule has 0 heterocycles. The molecule has 2 N–H and O–H groups in total. The van der Waals surface area contributed by atoms with Crippen LogP contribution in [0.4, 0.5) is 0 Å². The van der Waals surface area contributed by atoms with Gasteiger partial charge in [-0.15, -0.1) is 0 Å². The molecule has 0 aliphatic heterocycles. The van der Waals surface area contributed by atoms with Gasteiger partial charge in [0.25, 0.3) is 0 Å². The van der Waals surface area contributed by atoms with Crippen molar-refractivity contribution in [3.63, 3.8) is 0 Å². The standard InChI is InChI=1S/C16H32N4O/c1-2-3-4-5-6-7-8-9-10-11-12-13-14-15(16(17)21)19-20-18/h15H,2-14H2,1H3,(H2,17,21)/t15-/m0/s1. The molecule has 0 radical (unpaired) electrons. The first kappa shape index (κ1) is 19.8. The Morgan fingerprint density at radius 3 is 1.76 bits per heavy atom. The molecule has 5 nitrogen and oxygen atoms in total. The summed E-state index contributed by atoms with van der Waals surface area (Å²) in [6.45, 7) is 2.25. The molecule has 1 atom stereocenters. The summed E-state index contributed by atoms with van der Waals surface area (Å²) in [6.07, 6.45) is 15.9. The third-order valence-corrected chi connectivity index (χ3v) is 3.85. The van der Waals surface area contributed by atoms with Crippen molar-refractivity contribution in [1.29, 1.82) is 0 Å². The van der Waals surface area contributed by atoms with E-state index in [1.165, 1.54) is 64.2 Å². The van der Waals surface area contributed by atoms with Crippen LogP contribution >= 0.6 is 0 Å². The minimum absolute atomic E-state index is 0.518. The van der Waals surface area contributed by atoms with E-state index in [0.29, 0.717) is 6.42 Å². The van der Waals surface area contributed by atoms with Crippen molar-refractivity contribution in [2.24, 2.45) is 10.8 Å². The molecule has 0 aliphatic carbocycles. The maximum atomic E-state index is 11.0. The zero-order valence-electron chi connectivity index (χ0n) is 13.6. The van der Waals surface area contributed by atoms with Gasteiger partial charge in [-0.05, 0) is 12.0 Å². The first-order chi connectivity index (χ1) is 10.2. The molecule has 0 spiro atoms. The van der Waals surface area contributed by atoms with Gasteiger partial charge in [0.2, 0.25) is 5.91 Å². The van der Waals surface area contributed by atoms with Crippen LogP contribution in [0.25, 0.3) is 10.4 Å². The maximum Gasteiger partial charge on any atom is 0.226 e. The topological polar surface area (TPSA) is 91.8 Å². The van der Waals surface area contributed by atoms with Crippen molar-refractivity contribution in [2.45, 2.75) is 96.4 Å². The Morgan fingerprint density at radius 1 is 0.952 bits per heavy atom. The zero-order chi connectivity index (χ0) is 15.8. The van der Waals surface area contributed by atoms with Gasteiger partial charge >= 0.3 is 0 Å². The van der Waals surface area contributed by atoms with Crippen LogP contribution in [0.3, 0.4) is 0 Å². The third-order valence-electron chi connectivity index (χ3n) is 3.85. The number of azide groups is 1. The van der Waals surface area contributed by atoms with Gasteiger partial charge in [0.05, 0.1) is 0 Å². The van der Waals surface area contributed by atoms with Crippen LogP contribution in [0.5, 0.6) is 0 Å². The first-order valence-corrected chi connectivity index (χ1v) is 8.56. The summed E-state index contributed by atoms with van der Waals surface area (Å²) in [7, 11) is 0. The molecule has 122 valence electrons. The van der Waals surface area contributed by atoms with Crippen molar-refractivity contribution in [1.82, 2.24) is 0 Å². The lowest BCUT2D eigenvalue weighted by Crippen LogP contribution is -2.26. The molecule has 0 aromatic rings. The number of carbonyl (C=O) groups is 1. The molecule has 0 saturated carbocycles. The molecule has 1 amide bonds. The van der Waals surface area contributed by atoms with Gasteiger partial charge in [0.1, 0.15) is 6.04 Å². The number of rotatable bonds is 15. The van der Waals surface area contributed by atoms with Crippen molar-refractivity contribution >= 4 is 5.91 Å². The fraction of sp³-hybridized carbons (Fsp3) is 0.938. The summed E-state index contributed by atoms with van der Waals surface area (Å²) in [4.78, 5) is 13.6. The Hall–Kier alpha value is -1.22. The smallest absolute Gasteiger partial charge is 0.226 e. The summed E-state index contributed by atoms with van der Waals surface area (Å²) in [5.41, 5.74) is 13.5. The van der Waals surface area contributed by atoms with Crippen LogP contribution < -0.4 is 5.73 Å². The van der Waals surface area contributed by atoms with Crippen molar-refractivity contribution in [3.05, 3.63) is 10.4 Å². The Bertz CT molecular complexity index is 299. The van der Waals surface area contributed by atoms with Gasteiger partial charge in [-0.2, -0.15) is 0 Å². The summed E-state index contributed by atoms with van der Waals surface area (Å²) >= 11 is 0.